The second-order valence-corrected chi connectivity index (χ2v) is 6.45. The summed E-state index contributed by atoms with van der Waals surface area (Å²) >= 11 is 0. The van der Waals surface area contributed by atoms with E-state index in [9.17, 15) is 9.90 Å². The highest BCUT2D eigenvalue weighted by Gasteiger charge is 2.42. The zero-order valence-corrected chi connectivity index (χ0v) is 13.1. The Kier molecular flexibility index (Phi) is 3.54. The summed E-state index contributed by atoms with van der Waals surface area (Å²) in [6, 6.07) is 7.57. The molecule has 120 valence electrons. The summed E-state index contributed by atoms with van der Waals surface area (Å²) in [5, 5.41) is 11.9. The van der Waals surface area contributed by atoms with E-state index in [1.807, 2.05) is 24.3 Å². The Morgan fingerprint density at radius 3 is 2.96 bits per heavy atom. The largest absolute Gasteiger partial charge is 0.497 e. The first-order valence-corrected chi connectivity index (χ1v) is 8.05. The molecule has 0 radical (unpaired) electrons. The highest BCUT2D eigenvalue weighted by Crippen LogP contribution is 2.38. The molecule has 0 spiro atoms. The number of ketones is 1. The molecule has 5 heteroatoms. The van der Waals surface area contributed by atoms with Gasteiger partial charge in [0.2, 0.25) is 0 Å². The Hall–Kier alpha value is -1.98. The zero-order chi connectivity index (χ0) is 16.0. The molecule has 3 aliphatic rings. The van der Waals surface area contributed by atoms with E-state index in [0.717, 1.165) is 41.6 Å². The van der Waals surface area contributed by atoms with Crippen LogP contribution in [0.15, 0.2) is 30.5 Å². The van der Waals surface area contributed by atoms with E-state index in [1.54, 1.807) is 13.3 Å². The Balaban J connectivity index is 1.72. The van der Waals surface area contributed by atoms with Crippen molar-refractivity contribution in [2.75, 3.05) is 20.2 Å². The molecule has 0 aliphatic carbocycles. The fourth-order valence-corrected chi connectivity index (χ4v) is 3.93. The van der Waals surface area contributed by atoms with Gasteiger partial charge in [-0.1, -0.05) is 0 Å². The Labute approximate surface area is 134 Å². The van der Waals surface area contributed by atoms with Crippen molar-refractivity contribution in [2.45, 2.75) is 25.0 Å². The molecule has 5 rings (SSSR count). The summed E-state index contributed by atoms with van der Waals surface area (Å²) in [4.78, 5) is 18.4. The van der Waals surface area contributed by atoms with E-state index < -0.39 is 6.10 Å². The molecule has 3 fully saturated rings. The van der Waals surface area contributed by atoms with Crippen molar-refractivity contribution in [3.8, 4) is 5.75 Å². The SMILES string of the molecule is COc1ccc2nccc([C@H](O)[C@H]3C[C@@H]4CCN3CC4=O)c2c1. The fourth-order valence-electron chi connectivity index (χ4n) is 3.93. The maximum Gasteiger partial charge on any atom is 0.150 e. The monoisotopic (exact) mass is 312 g/mol. The molecule has 5 nitrogen and oxygen atoms in total. The molecule has 3 aliphatic heterocycles. The standard InChI is InChI=1S/C18H20N2O3/c1-23-12-2-3-15-14(9-12)13(4-6-19-15)18(22)16-8-11-5-7-20(16)10-17(11)21/h2-4,6,9,11,16,18,22H,5,7-8,10H2,1H3/t11-,16+,18-/m0/s1. The van der Waals surface area contributed by atoms with Gasteiger partial charge in [0.1, 0.15) is 11.5 Å². The van der Waals surface area contributed by atoms with Crippen LogP contribution in [0.2, 0.25) is 0 Å². The van der Waals surface area contributed by atoms with Crippen LogP contribution in [0.5, 0.6) is 5.75 Å². The smallest absolute Gasteiger partial charge is 0.150 e. The highest BCUT2D eigenvalue weighted by molar-refractivity contribution is 5.85. The summed E-state index contributed by atoms with van der Waals surface area (Å²) in [6.45, 7) is 1.36. The van der Waals surface area contributed by atoms with Crippen LogP contribution in [0.4, 0.5) is 0 Å². The van der Waals surface area contributed by atoms with E-state index in [0.29, 0.717) is 12.3 Å². The molecule has 0 amide bonds. The number of benzene rings is 1. The summed E-state index contributed by atoms with van der Waals surface area (Å²) in [7, 11) is 1.63. The molecule has 1 unspecified atom stereocenters. The van der Waals surface area contributed by atoms with E-state index in [-0.39, 0.29) is 12.0 Å². The Morgan fingerprint density at radius 1 is 1.39 bits per heavy atom. The zero-order valence-electron chi connectivity index (χ0n) is 13.1. The van der Waals surface area contributed by atoms with Gasteiger partial charge < -0.3 is 9.84 Å². The Bertz CT molecular complexity index is 761. The number of piperidine rings is 3. The van der Waals surface area contributed by atoms with Crippen LogP contribution in [0, 0.1) is 5.92 Å². The first kappa shape index (κ1) is 14.6. The lowest BCUT2D eigenvalue weighted by Crippen LogP contribution is -2.55. The molecule has 1 N–H and O–H groups in total. The minimum Gasteiger partial charge on any atom is -0.497 e. The minimum absolute atomic E-state index is 0.00301. The van der Waals surface area contributed by atoms with Crippen molar-refractivity contribution in [2.24, 2.45) is 5.92 Å². The van der Waals surface area contributed by atoms with Crippen molar-refractivity contribution < 1.29 is 14.6 Å². The van der Waals surface area contributed by atoms with Gasteiger partial charge in [0, 0.05) is 23.5 Å². The number of pyridine rings is 1. The number of carbonyl (C=O) groups excluding carboxylic acids is 1. The summed E-state index contributed by atoms with van der Waals surface area (Å²) in [6.07, 6.45) is 2.78. The van der Waals surface area contributed by atoms with Crippen LogP contribution in [-0.4, -0.2) is 47.0 Å². The van der Waals surface area contributed by atoms with Gasteiger partial charge in [-0.3, -0.25) is 14.7 Å². The maximum atomic E-state index is 11.9. The topological polar surface area (TPSA) is 62.7 Å². The molecule has 1 aromatic carbocycles. The number of hydrogen-bond acceptors (Lipinski definition) is 5. The number of aliphatic hydroxyl groups is 1. The lowest BCUT2D eigenvalue weighted by Gasteiger charge is -2.46. The summed E-state index contributed by atoms with van der Waals surface area (Å²) in [5.41, 5.74) is 1.70. The van der Waals surface area contributed by atoms with Gasteiger partial charge in [-0.25, -0.2) is 0 Å². The van der Waals surface area contributed by atoms with Gasteiger partial charge in [0.15, 0.2) is 0 Å². The molecule has 0 saturated carbocycles. The van der Waals surface area contributed by atoms with E-state index in [1.165, 1.54) is 0 Å². The second-order valence-electron chi connectivity index (χ2n) is 6.45. The number of aromatic nitrogens is 1. The summed E-state index contributed by atoms with van der Waals surface area (Å²) < 4.78 is 5.30. The van der Waals surface area contributed by atoms with E-state index in [2.05, 4.69) is 9.88 Å². The van der Waals surface area contributed by atoms with Gasteiger partial charge in [-0.2, -0.15) is 0 Å². The van der Waals surface area contributed by atoms with Crippen LogP contribution in [0.1, 0.15) is 24.5 Å². The molecule has 3 saturated heterocycles. The van der Waals surface area contributed by atoms with Crippen LogP contribution >= 0.6 is 0 Å². The average Bonchev–Trinajstić information content (AvgIpc) is 2.60. The number of carbonyl (C=O) groups is 1. The van der Waals surface area contributed by atoms with Crippen molar-refractivity contribution in [3.63, 3.8) is 0 Å². The Morgan fingerprint density at radius 2 is 2.26 bits per heavy atom. The predicted octanol–water partition coefficient (Wildman–Crippen LogP) is 1.94. The van der Waals surface area contributed by atoms with Crippen molar-refractivity contribution in [1.29, 1.82) is 0 Å². The summed E-state index contributed by atoms with van der Waals surface area (Å²) in [5.74, 6) is 1.18. The van der Waals surface area contributed by atoms with Crippen molar-refractivity contribution in [3.05, 3.63) is 36.0 Å². The molecule has 2 bridgehead atoms. The number of methoxy groups -OCH3 is 1. The van der Waals surface area contributed by atoms with Crippen LogP contribution in [-0.2, 0) is 4.79 Å². The van der Waals surface area contributed by atoms with E-state index >= 15 is 0 Å². The third-order valence-corrected chi connectivity index (χ3v) is 5.24. The van der Waals surface area contributed by atoms with Gasteiger partial charge in [-0.15, -0.1) is 0 Å². The van der Waals surface area contributed by atoms with E-state index in [4.69, 9.17) is 4.74 Å². The minimum atomic E-state index is -0.622. The number of ether oxygens (including phenoxy) is 1. The highest BCUT2D eigenvalue weighted by atomic mass is 16.5. The second kappa shape index (κ2) is 5.58. The lowest BCUT2D eigenvalue weighted by atomic mass is 9.79. The number of hydrogen-bond donors (Lipinski definition) is 1. The average molecular weight is 312 g/mol. The van der Waals surface area contributed by atoms with Gasteiger partial charge in [-0.05, 0) is 49.2 Å². The number of Topliss-reactive ketones (excluding diaryl/α,β-unsaturated/α-hetero) is 1. The van der Waals surface area contributed by atoms with Crippen LogP contribution < -0.4 is 4.74 Å². The lowest BCUT2D eigenvalue weighted by molar-refractivity contribution is -0.136. The van der Waals surface area contributed by atoms with Gasteiger partial charge in [0.05, 0.1) is 25.3 Å². The molecular formula is C18H20N2O3. The normalized spacial score (nSPS) is 28.1. The molecule has 1 aromatic heterocycles. The quantitative estimate of drug-likeness (QED) is 0.938. The number of nitrogens with zero attached hydrogens (tertiary/aromatic N) is 2. The number of aliphatic hydroxyl groups excluding tert-OH is 1. The first-order valence-electron chi connectivity index (χ1n) is 8.05. The van der Waals surface area contributed by atoms with Crippen LogP contribution in [0.3, 0.4) is 0 Å². The number of fused-ring (bicyclic) bond motifs is 4. The molecule has 2 aromatic rings. The molecule has 23 heavy (non-hydrogen) atoms. The molecule has 4 atom stereocenters. The van der Waals surface area contributed by atoms with Crippen LogP contribution in [0.25, 0.3) is 10.9 Å². The third-order valence-electron chi connectivity index (χ3n) is 5.24. The predicted molar refractivity (Wildman–Crippen MR) is 86.3 cm³/mol. The molecule has 4 heterocycles. The van der Waals surface area contributed by atoms with Gasteiger partial charge in [0.25, 0.3) is 0 Å². The first-order chi connectivity index (χ1) is 11.2. The maximum absolute atomic E-state index is 11.9. The fraction of sp³-hybridized carbons (Fsp3) is 0.444. The third kappa shape index (κ3) is 2.40. The van der Waals surface area contributed by atoms with Crippen molar-refractivity contribution in [1.82, 2.24) is 9.88 Å². The van der Waals surface area contributed by atoms with Crippen molar-refractivity contribution >= 4 is 16.7 Å². The molecular weight excluding hydrogens is 292 g/mol. The van der Waals surface area contributed by atoms with Gasteiger partial charge >= 0.3 is 0 Å². The number of rotatable bonds is 3.